The summed E-state index contributed by atoms with van der Waals surface area (Å²) in [5.41, 5.74) is 0.556. The van der Waals surface area contributed by atoms with Crippen LogP contribution < -0.4 is 4.90 Å². The van der Waals surface area contributed by atoms with Gasteiger partial charge in [-0.05, 0) is 0 Å². The molecule has 1 atom stereocenters. The van der Waals surface area contributed by atoms with E-state index in [2.05, 4.69) is 10.1 Å². The molecule has 1 aliphatic heterocycles. The molecule has 0 bridgehead atoms. The highest BCUT2D eigenvalue weighted by molar-refractivity contribution is 6.29. The number of hydrogen-bond acceptors (Lipinski definition) is 3. The van der Waals surface area contributed by atoms with Crippen molar-refractivity contribution < 1.29 is 8.78 Å². The number of nitrogens with zero attached hydrogens (tertiary/aromatic N) is 4. The maximum absolute atomic E-state index is 13.6. The molecule has 0 N–H and O–H groups in total. The van der Waals surface area contributed by atoms with E-state index in [-0.39, 0.29) is 18.2 Å². The highest BCUT2D eigenvalue weighted by atomic mass is 35.5. The Morgan fingerprint density at radius 3 is 2.94 bits per heavy atom. The molecule has 0 aliphatic carbocycles. The van der Waals surface area contributed by atoms with Gasteiger partial charge in [0, 0.05) is 24.6 Å². The fourth-order valence-corrected chi connectivity index (χ4v) is 2.39. The van der Waals surface area contributed by atoms with E-state index in [4.69, 9.17) is 11.6 Å². The van der Waals surface area contributed by atoms with Crippen LogP contribution in [0.15, 0.2) is 18.3 Å². The molecule has 1 saturated heterocycles. The molecule has 4 nitrogen and oxygen atoms in total. The fraction of sp³-hybridized carbons (Fsp3) is 0.455. The van der Waals surface area contributed by atoms with Gasteiger partial charge in [0.05, 0.1) is 12.7 Å². The number of rotatable bonds is 1. The molecule has 1 unspecified atom stereocenters. The average Bonchev–Trinajstić information content (AvgIpc) is 2.83. The summed E-state index contributed by atoms with van der Waals surface area (Å²) in [5.74, 6) is -2.82. The minimum atomic E-state index is -2.69. The molecule has 0 spiro atoms. The average molecular weight is 273 g/mol. The highest BCUT2D eigenvalue weighted by Gasteiger charge is 2.45. The monoisotopic (exact) mass is 272 g/mol. The molecule has 7 heteroatoms. The molecule has 18 heavy (non-hydrogen) atoms. The van der Waals surface area contributed by atoms with Crippen LogP contribution in [-0.2, 0) is 0 Å². The lowest BCUT2D eigenvalue weighted by molar-refractivity contribution is -0.0138. The van der Waals surface area contributed by atoms with E-state index in [1.54, 1.807) is 30.2 Å². The zero-order valence-electron chi connectivity index (χ0n) is 9.65. The molecule has 1 aliphatic rings. The van der Waals surface area contributed by atoms with Gasteiger partial charge in [0.1, 0.15) is 11.0 Å². The van der Waals surface area contributed by atoms with E-state index in [1.165, 1.54) is 4.52 Å². The first kappa shape index (κ1) is 11.6. The molecule has 1 fully saturated rings. The zero-order chi connectivity index (χ0) is 12.9. The molecular weight excluding hydrogens is 262 g/mol. The first-order valence-corrected chi connectivity index (χ1v) is 5.98. The lowest BCUT2D eigenvalue weighted by Gasteiger charge is -2.18. The van der Waals surface area contributed by atoms with Gasteiger partial charge in [-0.2, -0.15) is 9.61 Å². The third-order valence-corrected chi connectivity index (χ3v) is 3.44. The summed E-state index contributed by atoms with van der Waals surface area (Å²) in [7, 11) is 0. The standard InChI is InChI=1S/C11H11ClF2N4/c1-7-5-17(6-11(7,13)14)10-4-8(12)16-9-2-3-15-18(9)10/h2-4,7H,5-6H2,1H3. The van der Waals surface area contributed by atoms with Crippen LogP contribution in [0.3, 0.4) is 0 Å². The predicted molar refractivity (Wildman–Crippen MR) is 64.3 cm³/mol. The first-order chi connectivity index (χ1) is 8.47. The first-order valence-electron chi connectivity index (χ1n) is 5.60. The van der Waals surface area contributed by atoms with Crippen molar-refractivity contribution in [1.29, 1.82) is 0 Å². The highest BCUT2D eigenvalue weighted by Crippen LogP contribution is 2.35. The maximum Gasteiger partial charge on any atom is 0.269 e. The molecule has 0 radical (unpaired) electrons. The molecule has 0 saturated carbocycles. The molecule has 0 amide bonds. The number of anilines is 1. The van der Waals surface area contributed by atoms with Crippen molar-refractivity contribution in [2.24, 2.45) is 5.92 Å². The molecule has 3 heterocycles. The van der Waals surface area contributed by atoms with Crippen LogP contribution in [0.5, 0.6) is 0 Å². The molecule has 2 aromatic rings. The van der Waals surface area contributed by atoms with Crippen molar-refractivity contribution in [3.05, 3.63) is 23.5 Å². The van der Waals surface area contributed by atoms with Gasteiger partial charge >= 0.3 is 0 Å². The van der Waals surface area contributed by atoms with Crippen LogP contribution in [-0.4, -0.2) is 33.6 Å². The second-order valence-electron chi connectivity index (χ2n) is 4.58. The van der Waals surface area contributed by atoms with Gasteiger partial charge in [0.25, 0.3) is 5.92 Å². The summed E-state index contributed by atoms with van der Waals surface area (Å²) >= 11 is 5.90. The second kappa shape index (κ2) is 3.78. The molecular formula is C11H11ClF2N4. The van der Waals surface area contributed by atoms with Crippen molar-refractivity contribution in [2.75, 3.05) is 18.0 Å². The van der Waals surface area contributed by atoms with Crippen molar-refractivity contribution >= 4 is 23.1 Å². The van der Waals surface area contributed by atoms with Gasteiger partial charge in [-0.25, -0.2) is 13.8 Å². The van der Waals surface area contributed by atoms with Crippen LogP contribution >= 0.6 is 11.6 Å². The summed E-state index contributed by atoms with van der Waals surface area (Å²) in [6.07, 6.45) is 1.57. The summed E-state index contributed by atoms with van der Waals surface area (Å²) < 4.78 is 28.7. The number of halogens is 3. The largest absolute Gasteiger partial charge is 0.350 e. The van der Waals surface area contributed by atoms with Gasteiger partial charge in [-0.15, -0.1) is 0 Å². The summed E-state index contributed by atoms with van der Waals surface area (Å²) in [6.45, 7) is 1.51. The van der Waals surface area contributed by atoms with E-state index >= 15 is 0 Å². The number of alkyl halides is 2. The SMILES string of the molecule is CC1CN(c2cc(Cl)nc3ccnn23)CC1(F)F. The van der Waals surface area contributed by atoms with Crippen LogP contribution in [0.1, 0.15) is 6.92 Å². The summed E-state index contributed by atoms with van der Waals surface area (Å²) in [4.78, 5) is 5.67. The molecule has 3 rings (SSSR count). The third-order valence-electron chi connectivity index (χ3n) is 3.25. The Kier molecular flexibility index (Phi) is 2.45. The van der Waals surface area contributed by atoms with E-state index < -0.39 is 11.8 Å². The number of hydrogen-bond donors (Lipinski definition) is 0. The minimum Gasteiger partial charge on any atom is -0.350 e. The van der Waals surface area contributed by atoms with Gasteiger partial charge in [-0.1, -0.05) is 18.5 Å². The number of fused-ring (bicyclic) bond motifs is 1. The van der Waals surface area contributed by atoms with Gasteiger partial charge in [-0.3, -0.25) is 0 Å². The van der Waals surface area contributed by atoms with Gasteiger partial charge in [0.15, 0.2) is 5.65 Å². The van der Waals surface area contributed by atoms with Crippen LogP contribution in [0.25, 0.3) is 5.65 Å². The minimum absolute atomic E-state index is 0.279. The van der Waals surface area contributed by atoms with Gasteiger partial charge in [0.2, 0.25) is 0 Å². The van der Waals surface area contributed by atoms with Crippen LogP contribution in [0.4, 0.5) is 14.6 Å². The Hall–Kier alpha value is -1.43. The quantitative estimate of drug-likeness (QED) is 0.748. The van der Waals surface area contributed by atoms with Crippen molar-refractivity contribution in [1.82, 2.24) is 14.6 Å². The summed E-state index contributed by atoms with van der Waals surface area (Å²) in [5, 5.41) is 4.36. The van der Waals surface area contributed by atoms with Crippen molar-refractivity contribution in [3.63, 3.8) is 0 Å². The van der Waals surface area contributed by atoms with Crippen molar-refractivity contribution in [3.8, 4) is 0 Å². The van der Waals surface area contributed by atoms with E-state index in [0.29, 0.717) is 11.5 Å². The fourth-order valence-electron chi connectivity index (χ4n) is 2.21. The second-order valence-corrected chi connectivity index (χ2v) is 4.97. The Morgan fingerprint density at radius 2 is 2.28 bits per heavy atom. The lowest BCUT2D eigenvalue weighted by Crippen LogP contribution is -2.27. The molecule has 96 valence electrons. The van der Waals surface area contributed by atoms with E-state index in [1.807, 2.05) is 0 Å². The Balaban J connectivity index is 2.07. The lowest BCUT2D eigenvalue weighted by atomic mass is 10.1. The van der Waals surface area contributed by atoms with Crippen molar-refractivity contribution in [2.45, 2.75) is 12.8 Å². The third kappa shape index (κ3) is 1.71. The normalized spacial score (nSPS) is 22.9. The topological polar surface area (TPSA) is 33.4 Å². The number of aromatic nitrogens is 3. The van der Waals surface area contributed by atoms with E-state index in [0.717, 1.165) is 0 Å². The molecule has 0 aromatic carbocycles. The summed E-state index contributed by atoms with van der Waals surface area (Å²) in [6, 6.07) is 3.25. The smallest absolute Gasteiger partial charge is 0.269 e. The Morgan fingerprint density at radius 1 is 1.50 bits per heavy atom. The van der Waals surface area contributed by atoms with E-state index in [9.17, 15) is 8.78 Å². The Bertz CT molecular complexity index is 598. The zero-order valence-corrected chi connectivity index (χ0v) is 10.4. The molecule has 2 aromatic heterocycles. The Labute approximate surface area is 107 Å². The van der Waals surface area contributed by atoms with Crippen LogP contribution in [0, 0.1) is 5.92 Å². The van der Waals surface area contributed by atoms with Gasteiger partial charge < -0.3 is 4.90 Å². The predicted octanol–water partition coefficient (Wildman–Crippen LogP) is 2.47. The van der Waals surface area contributed by atoms with Crippen LogP contribution in [0.2, 0.25) is 5.15 Å². The maximum atomic E-state index is 13.6.